The number of nitrogens with zero attached hydrogens (tertiary/aromatic N) is 1. The summed E-state index contributed by atoms with van der Waals surface area (Å²) >= 11 is 1.32. The Labute approximate surface area is 141 Å². The SMILES string of the molecule is Cc1ccc(S(=O)(=O)N2CC(c3ccccc3)OCC2(C)C)s1. The zero-order valence-corrected chi connectivity index (χ0v) is 15.2. The van der Waals surface area contributed by atoms with E-state index in [0.717, 1.165) is 10.4 Å². The number of hydrogen-bond acceptors (Lipinski definition) is 4. The van der Waals surface area contributed by atoms with Gasteiger partial charge in [0.05, 0.1) is 18.2 Å². The Hall–Kier alpha value is -1.21. The summed E-state index contributed by atoms with van der Waals surface area (Å²) in [6.45, 7) is 6.44. The molecule has 1 aliphatic heterocycles. The van der Waals surface area contributed by atoms with Crippen LogP contribution in [0.5, 0.6) is 0 Å². The van der Waals surface area contributed by atoms with Gasteiger partial charge < -0.3 is 4.74 Å². The lowest BCUT2D eigenvalue weighted by molar-refractivity contribution is -0.0654. The number of rotatable bonds is 3. The second kappa shape index (κ2) is 6.02. The zero-order valence-electron chi connectivity index (χ0n) is 13.5. The largest absolute Gasteiger partial charge is 0.370 e. The van der Waals surface area contributed by atoms with Crippen molar-refractivity contribution in [3.63, 3.8) is 0 Å². The summed E-state index contributed by atoms with van der Waals surface area (Å²) in [6.07, 6.45) is -0.236. The molecule has 4 nitrogen and oxygen atoms in total. The van der Waals surface area contributed by atoms with E-state index in [1.54, 1.807) is 10.4 Å². The van der Waals surface area contributed by atoms with Gasteiger partial charge in [0, 0.05) is 11.4 Å². The monoisotopic (exact) mass is 351 g/mol. The molecule has 2 aromatic rings. The number of sulfonamides is 1. The normalized spacial score (nSPS) is 22.1. The minimum absolute atomic E-state index is 0.236. The molecule has 1 fully saturated rings. The highest BCUT2D eigenvalue weighted by molar-refractivity contribution is 7.91. The second-order valence-corrected chi connectivity index (χ2v) is 9.80. The maximum atomic E-state index is 13.1. The standard InChI is InChI=1S/C17H21NO3S2/c1-13-9-10-16(22-13)23(19,20)18-11-15(21-12-17(18,2)3)14-7-5-4-6-8-14/h4-10,15H,11-12H2,1-3H3. The summed E-state index contributed by atoms with van der Waals surface area (Å²) in [5.74, 6) is 0. The fourth-order valence-corrected chi connectivity index (χ4v) is 5.95. The van der Waals surface area contributed by atoms with Crippen LogP contribution in [0.1, 0.15) is 30.4 Å². The minimum Gasteiger partial charge on any atom is -0.370 e. The summed E-state index contributed by atoms with van der Waals surface area (Å²) in [5, 5.41) is 0. The Balaban J connectivity index is 1.95. The average molecular weight is 351 g/mol. The van der Waals surface area contributed by atoms with E-state index in [-0.39, 0.29) is 6.10 Å². The number of aryl methyl sites for hydroxylation is 1. The smallest absolute Gasteiger partial charge is 0.253 e. The van der Waals surface area contributed by atoms with Gasteiger partial charge in [-0.3, -0.25) is 0 Å². The first-order valence-corrected chi connectivity index (χ1v) is 9.82. The molecular weight excluding hydrogens is 330 g/mol. The van der Waals surface area contributed by atoms with E-state index < -0.39 is 15.6 Å². The molecule has 0 radical (unpaired) electrons. The van der Waals surface area contributed by atoms with Gasteiger partial charge >= 0.3 is 0 Å². The molecule has 0 spiro atoms. The van der Waals surface area contributed by atoms with Gasteiger partial charge in [-0.2, -0.15) is 4.31 Å². The van der Waals surface area contributed by atoms with Gasteiger partial charge in [0.15, 0.2) is 0 Å². The molecule has 23 heavy (non-hydrogen) atoms. The van der Waals surface area contributed by atoms with Gasteiger partial charge in [-0.25, -0.2) is 8.42 Å². The Kier molecular flexibility index (Phi) is 4.35. The fourth-order valence-electron chi connectivity index (χ4n) is 2.78. The summed E-state index contributed by atoms with van der Waals surface area (Å²) < 4.78 is 34.1. The molecule has 1 unspecified atom stereocenters. The van der Waals surface area contributed by atoms with Crippen LogP contribution in [0.25, 0.3) is 0 Å². The molecule has 6 heteroatoms. The van der Waals surface area contributed by atoms with E-state index in [1.165, 1.54) is 11.3 Å². The first-order valence-electron chi connectivity index (χ1n) is 7.56. The van der Waals surface area contributed by atoms with Crippen molar-refractivity contribution < 1.29 is 13.2 Å². The highest BCUT2D eigenvalue weighted by Crippen LogP contribution is 2.36. The molecule has 1 saturated heterocycles. The molecule has 0 N–H and O–H groups in total. The lowest BCUT2D eigenvalue weighted by atomic mass is 10.0. The molecule has 2 heterocycles. The molecule has 0 saturated carbocycles. The topological polar surface area (TPSA) is 46.6 Å². The first kappa shape index (κ1) is 16.6. The van der Waals surface area contributed by atoms with Crippen LogP contribution in [0, 0.1) is 6.92 Å². The van der Waals surface area contributed by atoms with Crippen LogP contribution in [0.15, 0.2) is 46.7 Å². The first-order chi connectivity index (χ1) is 10.8. The molecule has 1 atom stereocenters. The van der Waals surface area contributed by atoms with E-state index >= 15 is 0 Å². The summed E-state index contributed by atoms with van der Waals surface area (Å²) in [7, 11) is -3.52. The van der Waals surface area contributed by atoms with Crippen molar-refractivity contribution in [2.45, 2.75) is 36.6 Å². The molecule has 3 rings (SSSR count). The highest BCUT2D eigenvalue weighted by Gasteiger charge is 2.43. The Bertz CT molecular complexity index is 781. The van der Waals surface area contributed by atoms with Gasteiger partial charge in [-0.1, -0.05) is 30.3 Å². The molecule has 0 aliphatic carbocycles. The molecule has 1 aromatic carbocycles. The lowest BCUT2D eigenvalue weighted by Gasteiger charge is -2.44. The Morgan fingerprint density at radius 1 is 1.17 bits per heavy atom. The van der Waals surface area contributed by atoms with Crippen LogP contribution in [-0.4, -0.2) is 31.4 Å². The van der Waals surface area contributed by atoms with Crippen molar-refractivity contribution in [3.8, 4) is 0 Å². The molecule has 0 amide bonds. The van der Waals surface area contributed by atoms with Crippen molar-refractivity contribution in [3.05, 3.63) is 52.9 Å². The highest BCUT2D eigenvalue weighted by atomic mass is 32.2. The number of hydrogen-bond donors (Lipinski definition) is 0. The van der Waals surface area contributed by atoms with Crippen molar-refractivity contribution >= 4 is 21.4 Å². The van der Waals surface area contributed by atoms with Crippen LogP contribution >= 0.6 is 11.3 Å². The number of ether oxygens (including phenoxy) is 1. The number of thiophene rings is 1. The summed E-state index contributed by atoms with van der Waals surface area (Å²) in [6, 6.07) is 13.3. The third-order valence-corrected chi connectivity index (χ3v) is 7.62. The predicted molar refractivity (Wildman–Crippen MR) is 92.2 cm³/mol. The summed E-state index contributed by atoms with van der Waals surface area (Å²) in [5.41, 5.74) is 0.438. The van der Waals surface area contributed by atoms with Crippen LogP contribution in [0.2, 0.25) is 0 Å². The van der Waals surface area contributed by atoms with E-state index in [0.29, 0.717) is 17.4 Å². The minimum atomic E-state index is -3.52. The lowest BCUT2D eigenvalue weighted by Crippen LogP contribution is -2.55. The van der Waals surface area contributed by atoms with E-state index in [2.05, 4.69) is 0 Å². The number of morpholine rings is 1. The van der Waals surface area contributed by atoms with Crippen LogP contribution in [0.3, 0.4) is 0 Å². The van der Waals surface area contributed by atoms with Crippen LogP contribution < -0.4 is 0 Å². The zero-order chi connectivity index (χ0) is 16.7. The van der Waals surface area contributed by atoms with Crippen molar-refractivity contribution in [1.29, 1.82) is 0 Å². The average Bonchev–Trinajstić information content (AvgIpc) is 2.95. The third-order valence-electron chi connectivity index (χ3n) is 4.08. The van der Waals surface area contributed by atoms with Gasteiger partial charge in [0.1, 0.15) is 4.21 Å². The van der Waals surface area contributed by atoms with Crippen molar-refractivity contribution in [2.75, 3.05) is 13.2 Å². The van der Waals surface area contributed by atoms with Crippen molar-refractivity contribution in [1.82, 2.24) is 4.31 Å². The fraction of sp³-hybridized carbons (Fsp3) is 0.412. The molecule has 124 valence electrons. The van der Waals surface area contributed by atoms with Crippen LogP contribution in [0.4, 0.5) is 0 Å². The maximum absolute atomic E-state index is 13.1. The quantitative estimate of drug-likeness (QED) is 0.849. The third kappa shape index (κ3) is 3.21. The Morgan fingerprint density at radius 3 is 2.48 bits per heavy atom. The van der Waals surface area contributed by atoms with Gasteiger partial charge in [0.25, 0.3) is 10.0 Å². The predicted octanol–water partition coefficient (Wildman–Crippen LogP) is 3.60. The van der Waals surface area contributed by atoms with E-state index in [9.17, 15) is 8.42 Å². The molecular formula is C17H21NO3S2. The van der Waals surface area contributed by atoms with Crippen molar-refractivity contribution in [2.24, 2.45) is 0 Å². The van der Waals surface area contributed by atoms with Gasteiger partial charge in [-0.05, 0) is 38.5 Å². The van der Waals surface area contributed by atoms with Gasteiger partial charge in [-0.15, -0.1) is 11.3 Å². The van der Waals surface area contributed by atoms with Gasteiger partial charge in [0.2, 0.25) is 0 Å². The molecule has 0 bridgehead atoms. The van der Waals surface area contributed by atoms with E-state index in [1.807, 2.05) is 57.2 Å². The Morgan fingerprint density at radius 2 is 1.87 bits per heavy atom. The van der Waals surface area contributed by atoms with Crippen LogP contribution in [-0.2, 0) is 14.8 Å². The molecule has 1 aromatic heterocycles. The maximum Gasteiger partial charge on any atom is 0.253 e. The molecule has 1 aliphatic rings. The van der Waals surface area contributed by atoms with E-state index in [4.69, 9.17) is 4.74 Å². The number of benzene rings is 1. The second-order valence-electron chi connectivity index (χ2n) is 6.42. The summed E-state index contributed by atoms with van der Waals surface area (Å²) in [4.78, 5) is 0.995.